The number of quaternary nitrogens is 1. The minimum Gasteiger partial charge on any atom is -0.466 e. The third-order valence-electron chi connectivity index (χ3n) is 4.99. The van der Waals surface area contributed by atoms with E-state index in [0.717, 1.165) is 37.3 Å². The van der Waals surface area contributed by atoms with Crippen molar-refractivity contribution in [3.05, 3.63) is 29.3 Å². The number of pyridine rings is 1. The Bertz CT molecular complexity index is 836. The lowest BCUT2D eigenvalue weighted by molar-refractivity contribution is -0.930. The maximum absolute atomic E-state index is 12.1. The van der Waals surface area contributed by atoms with Crippen molar-refractivity contribution in [3.63, 3.8) is 0 Å². The van der Waals surface area contributed by atoms with Crippen LogP contribution in [0, 0.1) is 10.7 Å². The van der Waals surface area contributed by atoms with Gasteiger partial charge in [-0.3, -0.25) is 14.3 Å². The first-order valence-electron chi connectivity index (χ1n) is 9.71. The minimum atomic E-state index is -0.0913. The Hall–Kier alpha value is -2.10. The topological polar surface area (TPSA) is 75.6 Å². The summed E-state index contributed by atoms with van der Waals surface area (Å²) in [6.07, 6.45) is 5.38. The molecule has 0 spiro atoms. The zero-order valence-corrected chi connectivity index (χ0v) is 17.3. The lowest BCUT2D eigenvalue weighted by Crippen LogP contribution is -3.13. The van der Waals surface area contributed by atoms with Crippen LogP contribution in [0.3, 0.4) is 0 Å². The highest BCUT2D eigenvalue weighted by atomic mass is 32.1. The van der Waals surface area contributed by atoms with Crippen LogP contribution in [0.25, 0.3) is 11.4 Å². The van der Waals surface area contributed by atoms with Crippen molar-refractivity contribution in [3.8, 4) is 11.4 Å². The van der Waals surface area contributed by atoms with Crippen LogP contribution in [-0.4, -0.2) is 58.7 Å². The van der Waals surface area contributed by atoms with Crippen LogP contribution in [0.2, 0.25) is 0 Å². The van der Waals surface area contributed by atoms with Gasteiger partial charge in [-0.2, -0.15) is 4.68 Å². The zero-order chi connectivity index (χ0) is 19.9. The molecule has 0 saturated carbocycles. The van der Waals surface area contributed by atoms with Crippen molar-refractivity contribution >= 4 is 18.2 Å². The molecule has 3 rings (SSSR count). The highest BCUT2D eigenvalue weighted by Gasteiger charge is 2.30. The molecule has 1 unspecified atom stereocenters. The predicted molar refractivity (Wildman–Crippen MR) is 106 cm³/mol. The van der Waals surface area contributed by atoms with Gasteiger partial charge in [0.25, 0.3) is 0 Å². The van der Waals surface area contributed by atoms with E-state index in [1.807, 2.05) is 28.3 Å². The number of piperidine rings is 1. The lowest BCUT2D eigenvalue weighted by Gasteiger charge is -2.28. The number of aromatic nitrogens is 4. The minimum absolute atomic E-state index is 0.0480. The summed E-state index contributed by atoms with van der Waals surface area (Å²) in [6.45, 7) is 5.83. The summed E-state index contributed by atoms with van der Waals surface area (Å²) in [5.74, 6) is 0.669. The zero-order valence-electron chi connectivity index (χ0n) is 16.5. The number of nitrogens with zero attached hydrogens (tertiary/aromatic N) is 4. The molecule has 0 aromatic carbocycles. The number of ether oxygens (including phenoxy) is 2. The van der Waals surface area contributed by atoms with Gasteiger partial charge in [-0.05, 0) is 44.1 Å². The Balaban J connectivity index is 1.81. The maximum Gasteiger partial charge on any atom is 0.314 e. The molecule has 9 heteroatoms. The summed E-state index contributed by atoms with van der Waals surface area (Å²) >= 11 is 5.70. The van der Waals surface area contributed by atoms with E-state index in [0.29, 0.717) is 31.2 Å². The average Bonchev–Trinajstić information content (AvgIpc) is 3.03. The average molecular weight is 407 g/mol. The number of carbonyl (C=O) groups is 1. The van der Waals surface area contributed by atoms with Gasteiger partial charge < -0.3 is 14.4 Å². The summed E-state index contributed by atoms with van der Waals surface area (Å²) < 4.78 is 15.0. The highest BCUT2D eigenvalue weighted by molar-refractivity contribution is 7.71. The third-order valence-corrected chi connectivity index (χ3v) is 5.42. The number of likely N-dealkylation sites (tertiary alicyclic amines) is 1. The van der Waals surface area contributed by atoms with Gasteiger partial charge in [-0.15, -0.1) is 5.10 Å². The molecule has 2 atom stereocenters. The smallest absolute Gasteiger partial charge is 0.314 e. The molecule has 0 radical (unpaired) electrons. The molecule has 2 aromatic heterocycles. The van der Waals surface area contributed by atoms with Gasteiger partial charge >= 0.3 is 5.97 Å². The van der Waals surface area contributed by atoms with Crippen LogP contribution in [0.4, 0.5) is 0 Å². The van der Waals surface area contributed by atoms with Crippen molar-refractivity contribution in [2.75, 3.05) is 33.4 Å². The van der Waals surface area contributed by atoms with E-state index in [1.165, 1.54) is 4.90 Å². The van der Waals surface area contributed by atoms with Gasteiger partial charge in [0, 0.05) is 25.1 Å². The van der Waals surface area contributed by atoms with Crippen molar-refractivity contribution in [2.24, 2.45) is 5.92 Å². The molecule has 1 N–H and O–H groups in total. The number of hydrogen-bond donors (Lipinski definition) is 1. The normalized spacial score (nSPS) is 19.5. The fraction of sp³-hybridized carbons (Fsp3) is 0.579. The van der Waals surface area contributed by atoms with Gasteiger partial charge in [0.05, 0.1) is 32.8 Å². The number of methoxy groups -OCH3 is 1. The molecule has 3 heterocycles. The summed E-state index contributed by atoms with van der Waals surface area (Å²) in [5.41, 5.74) is 0.967. The number of carbonyl (C=O) groups excluding carboxylic acids is 1. The lowest BCUT2D eigenvalue weighted by atomic mass is 9.99. The van der Waals surface area contributed by atoms with Crippen LogP contribution in [0.15, 0.2) is 24.5 Å². The first kappa shape index (κ1) is 20.6. The second kappa shape index (κ2) is 9.90. The van der Waals surface area contributed by atoms with Crippen LogP contribution in [0.5, 0.6) is 0 Å². The van der Waals surface area contributed by atoms with Gasteiger partial charge in [0.1, 0.15) is 5.92 Å². The monoisotopic (exact) mass is 406 g/mol. The number of hydrogen-bond acceptors (Lipinski definition) is 6. The van der Waals surface area contributed by atoms with Gasteiger partial charge in [0.2, 0.25) is 4.77 Å². The number of rotatable bonds is 8. The molecular weight excluding hydrogens is 378 g/mol. The Labute approximate surface area is 170 Å². The molecule has 2 aromatic rings. The second-order valence-electron chi connectivity index (χ2n) is 6.94. The summed E-state index contributed by atoms with van der Waals surface area (Å²) in [4.78, 5) is 17.5. The molecular formula is C19H28N5O3S+. The van der Waals surface area contributed by atoms with Gasteiger partial charge in [0.15, 0.2) is 12.5 Å². The molecule has 1 aliphatic heterocycles. The predicted octanol–water partition coefficient (Wildman–Crippen LogP) is 0.938. The summed E-state index contributed by atoms with van der Waals surface area (Å²) in [6, 6.07) is 3.85. The SMILES string of the molecule is CCOC(=O)[C@H]1CCC[NH+](Cn2nc(-c3ccncc3)n(CCOC)c2=S)C1. The number of esters is 1. The van der Waals surface area contributed by atoms with E-state index in [2.05, 4.69) is 4.98 Å². The van der Waals surface area contributed by atoms with Crippen LogP contribution in [0.1, 0.15) is 19.8 Å². The Morgan fingerprint density at radius 1 is 1.39 bits per heavy atom. The summed E-state index contributed by atoms with van der Waals surface area (Å²) in [7, 11) is 1.67. The van der Waals surface area contributed by atoms with Crippen LogP contribution >= 0.6 is 12.2 Å². The molecule has 1 aliphatic rings. The molecule has 0 aliphatic carbocycles. The van der Waals surface area contributed by atoms with E-state index in [4.69, 9.17) is 26.8 Å². The fourth-order valence-electron chi connectivity index (χ4n) is 3.61. The Morgan fingerprint density at radius 3 is 2.89 bits per heavy atom. The largest absolute Gasteiger partial charge is 0.466 e. The van der Waals surface area contributed by atoms with Crippen molar-refractivity contribution in [1.29, 1.82) is 0 Å². The van der Waals surface area contributed by atoms with E-state index in [-0.39, 0.29) is 11.9 Å². The Kier molecular flexibility index (Phi) is 7.30. The van der Waals surface area contributed by atoms with Crippen LogP contribution < -0.4 is 4.90 Å². The van der Waals surface area contributed by atoms with Gasteiger partial charge in [-0.25, -0.2) is 0 Å². The van der Waals surface area contributed by atoms with E-state index in [9.17, 15) is 4.79 Å². The maximum atomic E-state index is 12.1. The molecule has 0 bridgehead atoms. The van der Waals surface area contributed by atoms with Crippen molar-refractivity contribution in [1.82, 2.24) is 19.3 Å². The molecule has 1 saturated heterocycles. The molecule has 8 nitrogen and oxygen atoms in total. The van der Waals surface area contributed by atoms with Gasteiger partial charge in [-0.1, -0.05) is 0 Å². The number of nitrogens with one attached hydrogen (secondary N) is 1. The van der Waals surface area contributed by atoms with E-state index >= 15 is 0 Å². The van der Waals surface area contributed by atoms with Crippen LogP contribution in [-0.2, 0) is 27.5 Å². The third kappa shape index (κ3) is 4.84. The van der Waals surface area contributed by atoms with Crippen molar-refractivity contribution < 1.29 is 19.2 Å². The Morgan fingerprint density at radius 2 is 2.18 bits per heavy atom. The quantitative estimate of drug-likeness (QED) is 0.519. The molecule has 28 heavy (non-hydrogen) atoms. The first-order chi connectivity index (χ1) is 13.6. The molecule has 1 fully saturated rings. The van der Waals surface area contributed by atoms with E-state index < -0.39 is 0 Å². The standard InChI is InChI=1S/C19H27N5O3S/c1-3-27-18(25)16-5-4-10-22(13-16)14-24-19(28)23(11-12-26-2)17(21-24)15-6-8-20-9-7-15/h6-9,16H,3-5,10-14H2,1-2H3/p+1/t16-/m0/s1. The first-order valence-corrected chi connectivity index (χ1v) is 10.1. The van der Waals surface area contributed by atoms with Crippen molar-refractivity contribution in [2.45, 2.75) is 33.0 Å². The fourth-order valence-corrected chi connectivity index (χ4v) is 3.89. The summed E-state index contributed by atoms with van der Waals surface area (Å²) in [5, 5.41) is 4.79. The molecule has 152 valence electrons. The highest BCUT2D eigenvalue weighted by Crippen LogP contribution is 2.17. The molecule has 0 amide bonds. The second-order valence-corrected chi connectivity index (χ2v) is 7.30. The van der Waals surface area contributed by atoms with E-state index in [1.54, 1.807) is 19.5 Å².